The predicted octanol–water partition coefficient (Wildman–Crippen LogP) is 1.72. The number of nitrogens with zero attached hydrogens (tertiary/aromatic N) is 1. The molecule has 2 bridgehead atoms. The van der Waals surface area contributed by atoms with Crippen molar-refractivity contribution in [3.8, 4) is 5.75 Å². The van der Waals surface area contributed by atoms with Crippen molar-refractivity contribution in [1.82, 2.24) is 4.31 Å². The molecule has 0 radical (unpaired) electrons. The number of sulfonamides is 1. The van der Waals surface area contributed by atoms with Crippen LogP contribution in [0.25, 0.3) is 0 Å². The molecule has 1 heterocycles. The molecule has 0 aromatic heterocycles. The highest BCUT2D eigenvalue weighted by Crippen LogP contribution is 2.40. The Bertz CT molecular complexity index is 630. The van der Waals surface area contributed by atoms with Crippen molar-refractivity contribution in [1.29, 1.82) is 0 Å². The smallest absolute Gasteiger partial charge is 0.243 e. The molecule has 1 aliphatic carbocycles. The fourth-order valence-electron chi connectivity index (χ4n) is 3.48. The van der Waals surface area contributed by atoms with Crippen molar-refractivity contribution in [3.63, 3.8) is 0 Å². The van der Waals surface area contributed by atoms with Crippen LogP contribution in [0, 0.1) is 5.92 Å². The molecule has 0 spiro atoms. The highest BCUT2D eigenvalue weighted by atomic mass is 32.2. The van der Waals surface area contributed by atoms with Gasteiger partial charge in [-0.3, -0.25) is 0 Å². The molecule has 1 aromatic carbocycles. The summed E-state index contributed by atoms with van der Waals surface area (Å²) in [6, 6.07) is 5.19. The number of fused-ring (bicyclic) bond motifs is 2. The predicted molar refractivity (Wildman–Crippen MR) is 80.5 cm³/mol. The lowest BCUT2D eigenvalue weighted by Crippen LogP contribution is -2.37. The lowest BCUT2D eigenvalue weighted by atomic mass is 10.1. The average molecular weight is 310 g/mol. The van der Waals surface area contributed by atoms with Gasteiger partial charge in [-0.15, -0.1) is 0 Å². The first-order chi connectivity index (χ1) is 10.1. The van der Waals surface area contributed by atoms with Gasteiger partial charge in [-0.25, -0.2) is 8.42 Å². The second-order valence-electron chi connectivity index (χ2n) is 5.81. The maximum absolute atomic E-state index is 12.8. The minimum Gasteiger partial charge on any atom is -0.494 e. The summed E-state index contributed by atoms with van der Waals surface area (Å²) in [6.07, 6.45) is 3.17. The molecule has 2 N–H and O–H groups in total. The van der Waals surface area contributed by atoms with E-state index in [2.05, 4.69) is 0 Å². The second-order valence-corrected chi connectivity index (χ2v) is 7.70. The molecule has 2 aliphatic rings. The Morgan fingerprint density at radius 3 is 2.76 bits per heavy atom. The summed E-state index contributed by atoms with van der Waals surface area (Å²) in [5.41, 5.74) is 6.46. The van der Waals surface area contributed by atoms with Gasteiger partial charge in [-0.05, 0) is 50.3 Å². The van der Waals surface area contributed by atoms with E-state index in [9.17, 15) is 8.42 Å². The molecule has 5 nitrogen and oxygen atoms in total. The topological polar surface area (TPSA) is 72.6 Å². The molecule has 21 heavy (non-hydrogen) atoms. The van der Waals surface area contributed by atoms with Crippen LogP contribution >= 0.6 is 0 Å². The molecule has 3 rings (SSSR count). The molecule has 2 atom stereocenters. The summed E-state index contributed by atoms with van der Waals surface area (Å²) >= 11 is 0. The van der Waals surface area contributed by atoms with Crippen LogP contribution in [0.2, 0.25) is 0 Å². The lowest BCUT2D eigenvalue weighted by molar-refractivity contribution is 0.332. The number of rotatable bonds is 5. The Morgan fingerprint density at radius 2 is 2.19 bits per heavy atom. The molecule has 116 valence electrons. The van der Waals surface area contributed by atoms with Gasteiger partial charge in [-0.1, -0.05) is 0 Å². The zero-order valence-corrected chi connectivity index (χ0v) is 13.1. The van der Waals surface area contributed by atoms with Crippen LogP contribution in [0.5, 0.6) is 5.75 Å². The number of piperidine rings is 1. The van der Waals surface area contributed by atoms with Crippen molar-refractivity contribution < 1.29 is 13.2 Å². The highest BCUT2D eigenvalue weighted by Gasteiger charge is 2.44. The quantitative estimate of drug-likeness (QED) is 0.899. The number of benzene rings is 1. The van der Waals surface area contributed by atoms with Crippen molar-refractivity contribution in [2.24, 2.45) is 11.7 Å². The molecule has 1 saturated carbocycles. The van der Waals surface area contributed by atoms with E-state index in [0.29, 0.717) is 29.7 Å². The number of hydrogen-bond acceptors (Lipinski definition) is 4. The molecular formula is C15H22N2O3S. The highest BCUT2D eigenvalue weighted by molar-refractivity contribution is 7.89. The van der Waals surface area contributed by atoms with Crippen molar-refractivity contribution in [3.05, 3.63) is 23.8 Å². The molecule has 1 aliphatic heterocycles. The fourth-order valence-corrected chi connectivity index (χ4v) is 5.27. The Morgan fingerprint density at radius 1 is 1.38 bits per heavy atom. The van der Waals surface area contributed by atoms with Crippen LogP contribution in [0.3, 0.4) is 0 Å². The van der Waals surface area contributed by atoms with Crippen LogP contribution in [0.1, 0.15) is 31.7 Å². The van der Waals surface area contributed by atoms with E-state index >= 15 is 0 Å². The van der Waals surface area contributed by atoms with Gasteiger partial charge >= 0.3 is 0 Å². The van der Waals surface area contributed by atoms with Gasteiger partial charge in [0.15, 0.2) is 0 Å². The van der Waals surface area contributed by atoms with Gasteiger partial charge < -0.3 is 10.5 Å². The molecule has 0 amide bonds. The first kappa shape index (κ1) is 14.8. The third-order valence-electron chi connectivity index (χ3n) is 4.52. The van der Waals surface area contributed by atoms with E-state index in [1.807, 2.05) is 6.92 Å². The second kappa shape index (κ2) is 5.59. The minimum absolute atomic E-state index is 0.188. The Kier molecular flexibility index (Phi) is 3.94. The number of nitrogens with two attached hydrogens (primary N) is 1. The Labute approximate surface area is 126 Å². The van der Waals surface area contributed by atoms with Crippen molar-refractivity contribution >= 4 is 10.0 Å². The zero-order valence-electron chi connectivity index (χ0n) is 12.3. The normalized spacial score (nSPS) is 25.4. The molecule has 6 heteroatoms. The van der Waals surface area contributed by atoms with Crippen LogP contribution in [0.15, 0.2) is 23.1 Å². The molecule has 2 fully saturated rings. The summed E-state index contributed by atoms with van der Waals surface area (Å²) in [7, 11) is -3.41. The van der Waals surface area contributed by atoms with Crippen molar-refractivity contribution in [2.75, 3.05) is 13.2 Å². The first-order valence-electron chi connectivity index (χ1n) is 7.54. The third-order valence-corrected chi connectivity index (χ3v) is 6.43. The Balaban J connectivity index is 1.92. The third kappa shape index (κ3) is 2.56. The van der Waals surface area contributed by atoms with Crippen molar-refractivity contribution in [2.45, 2.75) is 43.7 Å². The maximum Gasteiger partial charge on any atom is 0.243 e. The van der Waals surface area contributed by atoms with Crippen LogP contribution in [0.4, 0.5) is 0 Å². The minimum atomic E-state index is -3.41. The van der Waals surface area contributed by atoms with Gasteiger partial charge in [0.05, 0.1) is 11.5 Å². The van der Waals surface area contributed by atoms with Crippen LogP contribution < -0.4 is 10.5 Å². The first-order valence-corrected chi connectivity index (χ1v) is 8.98. The van der Waals surface area contributed by atoms with E-state index in [1.54, 1.807) is 22.5 Å². The maximum atomic E-state index is 12.8. The molecule has 1 aromatic rings. The van der Waals surface area contributed by atoms with E-state index in [-0.39, 0.29) is 12.6 Å². The Hall–Kier alpha value is -1.11. The largest absolute Gasteiger partial charge is 0.494 e. The van der Waals surface area contributed by atoms with E-state index in [4.69, 9.17) is 10.5 Å². The van der Waals surface area contributed by atoms with E-state index in [1.165, 1.54) is 0 Å². The summed E-state index contributed by atoms with van der Waals surface area (Å²) in [5, 5.41) is 0. The summed E-state index contributed by atoms with van der Waals surface area (Å²) in [4.78, 5) is 0.332. The van der Waals surface area contributed by atoms with Gasteiger partial charge in [0, 0.05) is 24.7 Å². The SMILES string of the molecule is CCOc1ccc(S(=O)(=O)N2CC3CCC2C3)cc1CN. The van der Waals surface area contributed by atoms with Gasteiger partial charge in [0.25, 0.3) is 0 Å². The molecule has 2 unspecified atom stereocenters. The average Bonchev–Trinajstić information content (AvgIpc) is 3.10. The summed E-state index contributed by atoms with van der Waals surface area (Å²) in [5.74, 6) is 1.21. The molecular weight excluding hydrogens is 288 g/mol. The lowest BCUT2D eigenvalue weighted by Gasteiger charge is -2.26. The zero-order chi connectivity index (χ0) is 15.0. The monoisotopic (exact) mass is 310 g/mol. The standard InChI is InChI=1S/C15H22N2O3S/c1-2-20-15-6-5-14(8-12(15)9-16)21(18,19)17-10-11-3-4-13(17)7-11/h5-6,8,11,13H,2-4,7,9-10,16H2,1H3. The van der Waals surface area contributed by atoms with E-state index in [0.717, 1.165) is 24.8 Å². The van der Waals surface area contributed by atoms with Crippen LogP contribution in [-0.4, -0.2) is 31.9 Å². The van der Waals surface area contributed by atoms with Gasteiger partial charge in [0.2, 0.25) is 10.0 Å². The number of hydrogen-bond donors (Lipinski definition) is 1. The van der Waals surface area contributed by atoms with Gasteiger partial charge in [-0.2, -0.15) is 4.31 Å². The van der Waals surface area contributed by atoms with Gasteiger partial charge in [0.1, 0.15) is 5.75 Å². The number of ether oxygens (including phenoxy) is 1. The van der Waals surface area contributed by atoms with E-state index < -0.39 is 10.0 Å². The van der Waals surface area contributed by atoms with Crippen LogP contribution in [-0.2, 0) is 16.6 Å². The summed E-state index contributed by atoms with van der Waals surface area (Å²) < 4.78 is 32.8. The molecule has 1 saturated heterocycles. The summed E-state index contributed by atoms with van der Waals surface area (Å²) in [6.45, 7) is 3.36. The fraction of sp³-hybridized carbons (Fsp3) is 0.600.